The summed E-state index contributed by atoms with van der Waals surface area (Å²) < 4.78 is 15.3. The van der Waals surface area contributed by atoms with E-state index in [-0.39, 0.29) is 26.1 Å². The van der Waals surface area contributed by atoms with E-state index >= 15 is 0 Å². The van der Waals surface area contributed by atoms with Gasteiger partial charge in [-0.15, -0.1) is 0 Å². The second-order valence-corrected chi connectivity index (χ2v) is 7.04. The van der Waals surface area contributed by atoms with Crippen LogP contribution in [-0.4, -0.2) is 29.6 Å². The lowest BCUT2D eigenvalue weighted by Gasteiger charge is -2.18. The van der Waals surface area contributed by atoms with E-state index in [1.165, 1.54) is 6.92 Å². The summed E-state index contributed by atoms with van der Waals surface area (Å²) in [5.41, 5.74) is 0.771. The predicted molar refractivity (Wildman–Crippen MR) is 110 cm³/mol. The Morgan fingerprint density at radius 1 is 0.900 bits per heavy atom. The molecule has 0 unspecified atom stereocenters. The Kier molecular flexibility index (Phi) is 9.67. The summed E-state index contributed by atoms with van der Waals surface area (Å²) >= 11 is 5.63. The quantitative estimate of drug-likeness (QED) is 0.347. The van der Waals surface area contributed by atoms with Crippen LogP contribution in [0.4, 0.5) is 4.79 Å². The van der Waals surface area contributed by atoms with E-state index in [1.807, 2.05) is 48.5 Å². The standard InChI is InChI=1S/C22H24ClNO6/c1-16(23)30-22(27)24-19(21(26)29-15-18-10-6-3-7-11-18)12-13-20(25)28-14-17-8-4-2-5-9-17/h2-11,16,19H,12-15H2,1H3,(H,24,27)/t16-,19-/m0/s1. The van der Waals surface area contributed by atoms with E-state index in [2.05, 4.69) is 5.32 Å². The molecule has 2 aromatic carbocycles. The number of nitrogens with one attached hydrogen (secondary N) is 1. The number of halogens is 1. The van der Waals surface area contributed by atoms with E-state index in [4.69, 9.17) is 25.8 Å². The number of alkyl carbamates (subject to hydrolysis) is 1. The first-order valence-corrected chi connectivity index (χ1v) is 9.89. The molecule has 2 rings (SSSR count). The molecular formula is C22H24ClNO6. The van der Waals surface area contributed by atoms with Gasteiger partial charge in [-0.1, -0.05) is 72.3 Å². The molecule has 0 aliphatic carbocycles. The van der Waals surface area contributed by atoms with Crippen LogP contribution in [0.15, 0.2) is 60.7 Å². The zero-order valence-electron chi connectivity index (χ0n) is 16.6. The van der Waals surface area contributed by atoms with Gasteiger partial charge in [0.05, 0.1) is 0 Å². The largest absolute Gasteiger partial charge is 0.461 e. The lowest BCUT2D eigenvalue weighted by atomic mass is 10.1. The fourth-order valence-corrected chi connectivity index (χ4v) is 2.56. The van der Waals surface area contributed by atoms with E-state index in [1.54, 1.807) is 12.1 Å². The van der Waals surface area contributed by atoms with Gasteiger partial charge in [-0.05, 0) is 24.5 Å². The number of ether oxygens (including phenoxy) is 3. The number of rotatable bonds is 10. The molecule has 160 valence electrons. The molecule has 0 saturated carbocycles. The molecule has 30 heavy (non-hydrogen) atoms. The highest BCUT2D eigenvalue weighted by molar-refractivity contribution is 6.19. The third kappa shape index (κ3) is 8.96. The molecule has 8 heteroatoms. The van der Waals surface area contributed by atoms with Crippen LogP contribution in [-0.2, 0) is 37.0 Å². The molecule has 0 spiro atoms. The van der Waals surface area contributed by atoms with Gasteiger partial charge in [0, 0.05) is 6.42 Å². The molecule has 7 nitrogen and oxygen atoms in total. The molecule has 0 aliphatic heterocycles. The zero-order valence-corrected chi connectivity index (χ0v) is 17.3. The smallest absolute Gasteiger partial charge is 0.409 e. The Labute approximate surface area is 180 Å². The fourth-order valence-electron chi connectivity index (χ4n) is 2.47. The van der Waals surface area contributed by atoms with Crippen molar-refractivity contribution in [2.24, 2.45) is 0 Å². The molecule has 0 fully saturated rings. The van der Waals surface area contributed by atoms with Crippen molar-refractivity contribution in [1.82, 2.24) is 5.32 Å². The van der Waals surface area contributed by atoms with Gasteiger partial charge in [-0.3, -0.25) is 4.79 Å². The molecule has 2 aromatic rings. The van der Waals surface area contributed by atoms with Crippen molar-refractivity contribution in [1.29, 1.82) is 0 Å². The van der Waals surface area contributed by atoms with E-state index in [0.29, 0.717) is 0 Å². The van der Waals surface area contributed by atoms with Gasteiger partial charge in [0.15, 0.2) is 5.56 Å². The maximum Gasteiger partial charge on any atom is 0.409 e. The number of carbonyl (C=O) groups excluding carboxylic acids is 3. The minimum Gasteiger partial charge on any atom is -0.461 e. The van der Waals surface area contributed by atoms with Gasteiger partial charge < -0.3 is 19.5 Å². The maximum absolute atomic E-state index is 12.5. The monoisotopic (exact) mass is 433 g/mol. The third-order valence-electron chi connectivity index (χ3n) is 3.95. The molecule has 2 atom stereocenters. The molecular weight excluding hydrogens is 410 g/mol. The van der Waals surface area contributed by atoms with Crippen molar-refractivity contribution in [3.05, 3.63) is 71.8 Å². The zero-order chi connectivity index (χ0) is 21.8. The number of hydrogen-bond donors (Lipinski definition) is 1. The number of alkyl halides is 1. The highest BCUT2D eigenvalue weighted by Crippen LogP contribution is 2.09. The molecule has 0 heterocycles. The second kappa shape index (κ2) is 12.5. The van der Waals surface area contributed by atoms with Gasteiger partial charge >= 0.3 is 18.0 Å². The Balaban J connectivity index is 1.88. The van der Waals surface area contributed by atoms with Crippen molar-refractivity contribution < 1.29 is 28.6 Å². The summed E-state index contributed by atoms with van der Waals surface area (Å²) in [5, 5.41) is 2.39. The van der Waals surface area contributed by atoms with Crippen LogP contribution in [0.2, 0.25) is 0 Å². The van der Waals surface area contributed by atoms with Crippen molar-refractivity contribution in [3.63, 3.8) is 0 Å². The minimum atomic E-state index is -1.08. The summed E-state index contributed by atoms with van der Waals surface area (Å²) in [7, 11) is 0. The Bertz CT molecular complexity index is 813. The Hall–Kier alpha value is -3.06. The molecule has 1 N–H and O–H groups in total. The van der Waals surface area contributed by atoms with Crippen LogP contribution < -0.4 is 5.32 Å². The summed E-state index contributed by atoms with van der Waals surface area (Å²) in [4.78, 5) is 36.4. The van der Waals surface area contributed by atoms with Gasteiger partial charge in [0.2, 0.25) is 0 Å². The van der Waals surface area contributed by atoms with Crippen LogP contribution in [0.25, 0.3) is 0 Å². The predicted octanol–water partition coefficient (Wildman–Crippen LogP) is 3.93. The molecule has 0 radical (unpaired) electrons. The van der Waals surface area contributed by atoms with Gasteiger partial charge in [0.1, 0.15) is 19.3 Å². The van der Waals surface area contributed by atoms with Crippen LogP contribution in [0.3, 0.4) is 0 Å². The third-order valence-corrected chi connectivity index (χ3v) is 4.04. The highest BCUT2D eigenvalue weighted by atomic mass is 35.5. The summed E-state index contributed by atoms with van der Waals surface area (Å²) in [6.07, 6.45) is -0.974. The molecule has 0 bridgehead atoms. The van der Waals surface area contributed by atoms with E-state index in [0.717, 1.165) is 11.1 Å². The van der Waals surface area contributed by atoms with Gasteiger partial charge in [-0.2, -0.15) is 0 Å². The molecule has 0 aromatic heterocycles. The number of benzene rings is 2. The van der Waals surface area contributed by atoms with Crippen LogP contribution in [0, 0.1) is 0 Å². The highest BCUT2D eigenvalue weighted by Gasteiger charge is 2.25. The molecule has 0 saturated heterocycles. The van der Waals surface area contributed by atoms with Crippen LogP contribution >= 0.6 is 11.6 Å². The first-order valence-electron chi connectivity index (χ1n) is 9.45. The fraction of sp³-hybridized carbons (Fsp3) is 0.318. The van der Waals surface area contributed by atoms with E-state index in [9.17, 15) is 14.4 Å². The van der Waals surface area contributed by atoms with Crippen LogP contribution in [0.1, 0.15) is 30.9 Å². The summed E-state index contributed by atoms with van der Waals surface area (Å²) in [6.45, 7) is 1.63. The Morgan fingerprint density at radius 3 is 1.97 bits per heavy atom. The minimum absolute atomic E-state index is 0.00693. The van der Waals surface area contributed by atoms with Crippen LogP contribution in [0.5, 0.6) is 0 Å². The van der Waals surface area contributed by atoms with Crippen molar-refractivity contribution >= 4 is 29.6 Å². The van der Waals surface area contributed by atoms with Gasteiger partial charge in [0.25, 0.3) is 0 Å². The normalized spacial score (nSPS) is 12.3. The summed E-state index contributed by atoms with van der Waals surface area (Å²) in [6, 6.07) is 17.2. The number of amides is 1. The van der Waals surface area contributed by atoms with Crippen molar-refractivity contribution in [2.45, 2.75) is 44.6 Å². The lowest BCUT2D eigenvalue weighted by Crippen LogP contribution is -2.43. The lowest BCUT2D eigenvalue weighted by molar-refractivity contribution is -0.149. The average Bonchev–Trinajstić information content (AvgIpc) is 2.74. The second-order valence-electron chi connectivity index (χ2n) is 6.42. The number of esters is 2. The SMILES string of the molecule is C[C@@H](Cl)OC(=O)N[C@@H](CCC(=O)OCc1ccccc1)C(=O)OCc1ccccc1. The molecule has 1 amide bonds. The number of carbonyl (C=O) groups is 3. The first-order chi connectivity index (χ1) is 14.4. The Morgan fingerprint density at radius 2 is 1.43 bits per heavy atom. The maximum atomic E-state index is 12.5. The van der Waals surface area contributed by atoms with E-state index < -0.39 is 29.6 Å². The average molecular weight is 434 g/mol. The first kappa shape index (κ1) is 23.2. The van der Waals surface area contributed by atoms with Crippen molar-refractivity contribution in [2.75, 3.05) is 0 Å². The summed E-state index contributed by atoms with van der Waals surface area (Å²) in [5.74, 6) is -1.19. The number of hydrogen-bond acceptors (Lipinski definition) is 6. The topological polar surface area (TPSA) is 90.9 Å². The van der Waals surface area contributed by atoms with Crippen molar-refractivity contribution in [3.8, 4) is 0 Å². The molecule has 0 aliphatic rings. The van der Waals surface area contributed by atoms with Gasteiger partial charge in [-0.25, -0.2) is 9.59 Å².